The molecule has 0 aromatic heterocycles. The minimum absolute atomic E-state index is 0.130. The molecule has 0 radical (unpaired) electrons. The third-order valence-electron chi connectivity index (χ3n) is 3.73. The summed E-state index contributed by atoms with van der Waals surface area (Å²) in [6.07, 6.45) is 0.419. The van der Waals surface area contributed by atoms with Crippen LogP contribution in [-0.4, -0.2) is 58.4 Å². The number of likely N-dealkylation sites (tertiary alicyclic amines) is 2. The molecule has 2 fully saturated rings. The van der Waals surface area contributed by atoms with Gasteiger partial charge in [-0.3, -0.25) is 0 Å². The lowest BCUT2D eigenvalue weighted by atomic mass is 9.93. The average molecular weight is 270 g/mol. The van der Waals surface area contributed by atoms with Crippen molar-refractivity contribution in [1.29, 1.82) is 0 Å². The summed E-state index contributed by atoms with van der Waals surface area (Å²) in [4.78, 5) is 26.3. The number of amides is 2. The maximum absolute atomic E-state index is 12.1. The lowest BCUT2D eigenvalue weighted by Gasteiger charge is -2.37. The van der Waals surface area contributed by atoms with E-state index >= 15 is 0 Å². The number of nitrogens with zero attached hydrogens (tertiary/aromatic N) is 2. The summed E-state index contributed by atoms with van der Waals surface area (Å²) in [6.45, 7) is 7.25. The fourth-order valence-electron chi connectivity index (χ4n) is 2.91. The van der Waals surface area contributed by atoms with Crippen LogP contribution in [0.5, 0.6) is 0 Å². The Morgan fingerprint density at radius 2 is 1.89 bits per heavy atom. The topological polar surface area (TPSA) is 70.1 Å². The number of rotatable bonds is 0. The van der Waals surface area contributed by atoms with Crippen LogP contribution in [0.4, 0.5) is 9.59 Å². The molecule has 2 atom stereocenters. The van der Waals surface area contributed by atoms with Gasteiger partial charge in [-0.15, -0.1) is 0 Å². The number of hydrogen-bond acceptors (Lipinski definition) is 3. The molecule has 2 rings (SSSR count). The molecule has 6 nitrogen and oxygen atoms in total. The van der Waals surface area contributed by atoms with Crippen LogP contribution in [0.15, 0.2) is 0 Å². The van der Waals surface area contributed by atoms with Crippen LogP contribution in [0, 0.1) is 5.92 Å². The van der Waals surface area contributed by atoms with E-state index in [1.54, 1.807) is 4.90 Å². The van der Waals surface area contributed by atoms with E-state index in [1.165, 1.54) is 4.90 Å². The van der Waals surface area contributed by atoms with Crippen molar-refractivity contribution in [3.05, 3.63) is 0 Å². The van der Waals surface area contributed by atoms with Gasteiger partial charge >= 0.3 is 12.2 Å². The van der Waals surface area contributed by atoms with Gasteiger partial charge in [0, 0.05) is 25.7 Å². The Bertz CT molecular complexity index is 377. The molecule has 2 aliphatic heterocycles. The Morgan fingerprint density at radius 1 is 1.21 bits per heavy atom. The number of piperidine rings is 1. The first-order chi connectivity index (χ1) is 8.78. The fraction of sp³-hybridized carbons (Fsp3) is 0.846. The predicted octanol–water partition coefficient (Wildman–Crippen LogP) is 2.00. The van der Waals surface area contributed by atoms with Gasteiger partial charge in [-0.1, -0.05) is 0 Å². The van der Waals surface area contributed by atoms with E-state index in [9.17, 15) is 9.59 Å². The first-order valence-electron chi connectivity index (χ1n) is 6.75. The van der Waals surface area contributed by atoms with Crippen molar-refractivity contribution in [1.82, 2.24) is 9.80 Å². The third kappa shape index (κ3) is 3.11. The Labute approximate surface area is 113 Å². The van der Waals surface area contributed by atoms with Crippen LogP contribution in [0.1, 0.15) is 33.6 Å². The number of fused-ring (bicyclic) bond motifs is 1. The van der Waals surface area contributed by atoms with E-state index in [0.29, 0.717) is 26.1 Å². The summed E-state index contributed by atoms with van der Waals surface area (Å²) >= 11 is 0. The Morgan fingerprint density at radius 3 is 2.47 bits per heavy atom. The van der Waals surface area contributed by atoms with E-state index in [1.807, 2.05) is 20.8 Å². The van der Waals surface area contributed by atoms with Gasteiger partial charge in [0.15, 0.2) is 0 Å². The Hall–Kier alpha value is -1.46. The summed E-state index contributed by atoms with van der Waals surface area (Å²) < 4.78 is 5.40. The zero-order chi connectivity index (χ0) is 14.2. The van der Waals surface area contributed by atoms with Gasteiger partial charge in [0.05, 0.1) is 0 Å². The van der Waals surface area contributed by atoms with Gasteiger partial charge in [0.1, 0.15) is 5.60 Å². The van der Waals surface area contributed by atoms with Gasteiger partial charge in [0.25, 0.3) is 0 Å². The molecule has 1 N–H and O–H groups in total. The minimum atomic E-state index is -0.867. The molecule has 19 heavy (non-hydrogen) atoms. The molecule has 2 unspecified atom stereocenters. The summed E-state index contributed by atoms with van der Waals surface area (Å²) in [5, 5.41) is 9.01. The maximum atomic E-state index is 12.1. The smallest absolute Gasteiger partial charge is 0.410 e. The molecule has 2 heterocycles. The summed E-state index contributed by atoms with van der Waals surface area (Å²) in [5.74, 6) is 0.248. The van der Waals surface area contributed by atoms with Crippen molar-refractivity contribution in [3.8, 4) is 0 Å². The highest BCUT2D eigenvalue weighted by atomic mass is 16.6. The van der Waals surface area contributed by atoms with E-state index in [-0.39, 0.29) is 18.1 Å². The van der Waals surface area contributed by atoms with Crippen molar-refractivity contribution >= 4 is 12.2 Å². The number of hydrogen-bond donors (Lipinski definition) is 1. The van der Waals surface area contributed by atoms with Crippen molar-refractivity contribution < 1.29 is 19.4 Å². The van der Waals surface area contributed by atoms with Gasteiger partial charge < -0.3 is 19.6 Å². The lowest BCUT2D eigenvalue weighted by Crippen LogP contribution is -2.49. The highest BCUT2D eigenvalue weighted by Gasteiger charge is 2.42. The fourth-order valence-corrected chi connectivity index (χ4v) is 2.91. The average Bonchev–Trinajstić information content (AvgIpc) is 2.68. The van der Waals surface area contributed by atoms with Gasteiger partial charge in [0.2, 0.25) is 0 Å². The molecule has 0 aromatic rings. The van der Waals surface area contributed by atoms with Crippen LogP contribution in [0.25, 0.3) is 0 Å². The quantitative estimate of drug-likeness (QED) is 0.731. The van der Waals surface area contributed by atoms with E-state index < -0.39 is 11.7 Å². The Kier molecular flexibility index (Phi) is 3.60. The largest absolute Gasteiger partial charge is 0.465 e. The lowest BCUT2D eigenvalue weighted by molar-refractivity contribution is 0.0151. The van der Waals surface area contributed by atoms with Crippen LogP contribution in [-0.2, 0) is 4.74 Å². The maximum Gasteiger partial charge on any atom is 0.410 e. The molecule has 2 aliphatic rings. The van der Waals surface area contributed by atoms with Crippen LogP contribution < -0.4 is 0 Å². The van der Waals surface area contributed by atoms with E-state index in [4.69, 9.17) is 9.84 Å². The second kappa shape index (κ2) is 4.90. The molecule has 2 saturated heterocycles. The highest BCUT2D eigenvalue weighted by Crippen LogP contribution is 2.32. The van der Waals surface area contributed by atoms with Gasteiger partial charge in [-0.2, -0.15) is 0 Å². The number of carboxylic acid groups (broad SMARTS) is 1. The molecular weight excluding hydrogens is 248 g/mol. The monoisotopic (exact) mass is 270 g/mol. The summed E-state index contributed by atoms with van der Waals surface area (Å²) in [6, 6.07) is 0.130. The molecule has 6 heteroatoms. The van der Waals surface area contributed by atoms with Crippen LogP contribution in [0.3, 0.4) is 0 Å². The highest BCUT2D eigenvalue weighted by molar-refractivity contribution is 5.69. The zero-order valence-electron chi connectivity index (χ0n) is 11.8. The Balaban J connectivity index is 1.97. The van der Waals surface area contributed by atoms with Crippen molar-refractivity contribution in [3.63, 3.8) is 0 Å². The molecular formula is C13H22N2O4. The molecule has 0 bridgehead atoms. The first-order valence-corrected chi connectivity index (χ1v) is 6.75. The zero-order valence-corrected chi connectivity index (χ0v) is 11.8. The molecule has 2 amide bonds. The molecule has 0 aliphatic carbocycles. The molecule has 0 spiro atoms. The van der Waals surface area contributed by atoms with Gasteiger partial charge in [-0.05, 0) is 39.5 Å². The summed E-state index contributed by atoms with van der Waals surface area (Å²) in [7, 11) is 0. The van der Waals surface area contributed by atoms with Crippen molar-refractivity contribution in [2.24, 2.45) is 5.92 Å². The molecule has 108 valence electrons. The van der Waals surface area contributed by atoms with E-state index in [2.05, 4.69) is 0 Å². The minimum Gasteiger partial charge on any atom is -0.465 e. The first kappa shape index (κ1) is 14.0. The van der Waals surface area contributed by atoms with Crippen LogP contribution in [0.2, 0.25) is 0 Å². The van der Waals surface area contributed by atoms with Crippen molar-refractivity contribution in [2.45, 2.75) is 45.3 Å². The van der Waals surface area contributed by atoms with E-state index in [0.717, 1.165) is 6.42 Å². The van der Waals surface area contributed by atoms with Gasteiger partial charge in [-0.25, -0.2) is 9.59 Å². The summed E-state index contributed by atoms with van der Waals surface area (Å²) in [5.41, 5.74) is -0.489. The molecule has 0 aromatic carbocycles. The molecule has 0 saturated carbocycles. The second-order valence-corrected chi connectivity index (χ2v) is 6.31. The van der Waals surface area contributed by atoms with Crippen LogP contribution >= 0.6 is 0 Å². The number of carbonyl (C=O) groups excluding carboxylic acids is 1. The second-order valence-electron chi connectivity index (χ2n) is 6.31. The predicted molar refractivity (Wildman–Crippen MR) is 69.0 cm³/mol. The number of carbonyl (C=O) groups is 2. The normalized spacial score (nSPS) is 27.1. The van der Waals surface area contributed by atoms with Crippen molar-refractivity contribution in [2.75, 3.05) is 19.6 Å². The number of ether oxygens (including phenoxy) is 1. The SMILES string of the molecule is CC(C)(C)OC(=O)N1CCC2CN(C(=O)O)CCC21. The standard InChI is InChI=1S/C13H22N2O4/c1-13(2,3)19-12(18)15-7-4-9-8-14(11(16)17)6-5-10(9)15/h9-10H,4-8H2,1-3H3,(H,16,17). The third-order valence-corrected chi connectivity index (χ3v) is 3.73.